The summed E-state index contributed by atoms with van der Waals surface area (Å²) in [4.78, 5) is 4.32. The summed E-state index contributed by atoms with van der Waals surface area (Å²) in [7, 11) is 0. The number of rotatable bonds is 4. The lowest BCUT2D eigenvalue weighted by atomic mass is 9.87. The van der Waals surface area contributed by atoms with Gasteiger partial charge in [-0.25, -0.2) is 4.39 Å². The molecule has 2 heterocycles. The predicted octanol–water partition coefficient (Wildman–Crippen LogP) is 4.86. The Balaban J connectivity index is 1.72. The second kappa shape index (κ2) is 6.67. The van der Waals surface area contributed by atoms with Gasteiger partial charge in [-0.3, -0.25) is 9.67 Å². The maximum absolute atomic E-state index is 14.3. The molecule has 130 valence electrons. The van der Waals surface area contributed by atoms with E-state index in [1.54, 1.807) is 29.1 Å². The van der Waals surface area contributed by atoms with Gasteiger partial charge in [0.05, 0.1) is 12.2 Å². The van der Waals surface area contributed by atoms with Crippen LogP contribution in [0.5, 0.6) is 11.6 Å². The van der Waals surface area contributed by atoms with Crippen molar-refractivity contribution in [3.8, 4) is 11.6 Å². The van der Waals surface area contributed by atoms with Crippen LogP contribution < -0.4 is 4.74 Å². The Labute approximate surface area is 147 Å². The summed E-state index contributed by atoms with van der Waals surface area (Å²) >= 11 is 0. The fourth-order valence-electron chi connectivity index (χ4n) is 2.63. The first-order valence-electron chi connectivity index (χ1n) is 8.24. The molecule has 0 aliphatic rings. The summed E-state index contributed by atoms with van der Waals surface area (Å²) in [6.45, 7) is 8.52. The Morgan fingerprint density at radius 3 is 2.60 bits per heavy atom. The third kappa shape index (κ3) is 4.24. The number of ether oxygens (including phenoxy) is 1. The second-order valence-electron chi connectivity index (χ2n) is 7.17. The van der Waals surface area contributed by atoms with E-state index in [9.17, 15) is 4.39 Å². The standard InChI is InChI=1S/C20H22FN3O/c1-14-7-9-22-15(11-14)13-24-10-8-19(23-24)25-16-5-6-17(18(21)12-16)20(2,3)4/h5-12H,13H2,1-4H3. The second-order valence-corrected chi connectivity index (χ2v) is 7.17. The normalized spacial score (nSPS) is 11.6. The number of nitrogens with zero attached hydrogens (tertiary/aromatic N) is 3. The zero-order chi connectivity index (χ0) is 18.0. The molecule has 3 rings (SSSR count). The minimum Gasteiger partial charge on any atom is -0.437 e. The predicted molar refractivity (Wildman–Crippen MR) is 95.5 cm³/mol. The van der Waals surface area contributed by atoms with Crippen molar-refractivity contribution in [2.45, 2.75) is 39.7 Å². The third-order valence-corrected chi connectivity index (χ3v) is 3.88. The lowest BCUT2D eigenvalue weighted by Gasteiger charge is -2.20. The van der Waals surface area contributed by atoms with Crippen molar-refractivity contribution in [3.05, 3.63) is 71.4 Å². The summed E-state index contributed by atoms with van der Waals surface area (Å²) in [6.07, 6.45) is 3.60. The van der Waals surface area contributed by atoms with Crippen LogP contribution in [-0.4, -0.2) is 14.8 Å². The Hall–Kier alpha value is -2.69. The zero-order valence-corrected chi connectivity index (χ0v) is 15.0. The fraction of sp³-hybridized carbons (Fsp3) is 0.300. The molecule has 0 spiro atoms. The number of hydrogen-bond acceptors (Lipinski definition) is 3. The van der Waals surface area contributed by atoms with Crippen LogP contribution in [0.1, 0.15) is 37.6 Å². The first-order chi connectivity index (χ1) is 11.8. The number of hydrogen-bond donors (Lipinski definition) is 0. The van der Waals surface area contributed by atoms with Gasteiger partial charge in [0.15, 0.2) is 0 Å². The summed E-state index contributed by atoms with van der Waals surface area (Å²) in [5.74, 6) is 0.591. The average molecular weight is 339 g/mol. The highest BCUT2D eigenvalue weighted by molar-refractivity contribution is 5.34. The van der Waals surface area contributed by atoms with Crippen LogP contribution in [-0.2, 0) is 12.0 Å². The molecule has 0 fully saturated rings. The molecule has 0 saturated heterocycles. The molecular weight excluding hydrogens is 317 g/mol. The van der Waals surface area contributed by atoms with E-state index in [4.69, 9.17) is 4.74 Å². The van der Waals surface area contributed by atoms with E-state index in [1.165, 1.54) is 6.07 Å². The summed E-state index contributed by atoms with van der Waals surface area (Å²) < 4.78 is 21.7. The van der Waals surface area contributed by atoms with Gasteiger partial charge in [0, 0.05) is 24.5 Å². The molecule has 0 radical (unpaired) electrons. The quantitative estimate of drug-likeness (QED) is 0.681. The monoisotopic (exact) mass is 339 g/mol. The Kier molecular flexibility index (Phi) is 4.57. The van der Waals surface area contributed by atoms with Gasteiger partial charge in [-0.1, -0.05) is 26.8 Å². The van der Waals surface area contributed by atoms with E-state index in [0.717, 1.165) is 11.3 Å². The molecule has 2 aromatic heterocycles. The zero-order valence-electron chi connectivity index (χ0n) is 15.0. The summed E-state index contributed by atoms with van der Waals surface area (Å²) in [6, 6.07) is 10.7. The SMILES string of the molecule is Cc1ccnc(Cn2ccc(Oc3ccc(C(C)(C)C)c(F)c3)n2)c1. The molecule has 0 bridgehead atoms. The average Bonchev–Trinajstić information content (AvgIpc) is 2.93. The molecular formula is C20H22FN3O. The molecule has 0 aliphatic heterocycles. The highest BCUT2D eigenvalue weighted by Gasteiger charge is 2.19. The van der Waals surface area contributed by atoms with E-state index in [2.05, 4.69) is 10.1 Å². The lowest BCUT2D eigenvalue weighted by Crippen LogP contribution is -2.13. The molecule has 0 atom stereocenters. The van der Waals surface area contributed by atoms with Crippen molar-refractivity contribution in [1.82, 2.24) is 14.8 Å². The lowest BCUT2D eigenvalue weighted by molar-refractivity contribution is 0.442. The number of halogens is 1. The van der Waals surface area contributed by atoms with E-state index in [0.29, 0.717) is 23.7 Å². The van der Waals surface area contributed by atoms with Crippen molar-refractivity contribution in [1.29, 1.82) is 0 Å². The van der Waals surface area contributed by atoms with Gasteiger partial charge in [0.2, 0.25) is 5.88 Å². The van der Waals surface area contributed by atoms with Gasteiger partial charge in [-0.05, 0) is 41.7 Å². The molecule has 1 aromatic carbocycles. The van der Waals surface area contributed by atoms with Gasteiger partial charge in [-0.15, -0.1) is 5.10 Å². The summed E-state index contributed by atoms with van der Waals surface area (Å²) in [5.41, 5.74) is 2.50. The molecule has 3 aromatic rings. The highest BCUT2D eigenvalue weighted by Crippen LogP contribution is 2.29. The first-order valence-corrected chi connectivity index (χ1v) is 8.24. The van der Waals surface area contributed by atoms with Crippen LogP contribution in [0.4, 0.5) is 4.39 Å². The van der Waals surface area contributed by atoms with Gasteiger partial charge < -0.3 is 4.74 Å². The highest BCUT2D eigenvalue weighted by atomic mass is 19.1. The molecule has 5 heteroatoms. The maximum atomic E-state index is 14.3. The van der Waals surface area contributed by atoms with Crippen molar-refractivity contribution in [2.24, 2.45) is 0 Å². The van der Waals surface area contributed by atoms with Gasteiger partial charge in [0.25, 0.3) is 0 Å². The van der Waals surface area contributed by atoms with Crippen LogP contribution in [0.25, 0.3) is 0 Å². The van der Waals surface area contributed by atoms with Crippen LogP contribution in [0.15, 0.2) is 48.8 Å². The minimum atomic E-state index is -0.270. The van der Waals surface area contributed by atoms with Crippen LogP contribution in [0, 0.1) is 12.7 Å². The van der Waals surface area contributed by atoms with Crippen LogP contribution >= 0.6 is 0 Å². The van der Waals surface area contributed by atoms with Crippen LogP contribution in [0.2, 0.25) is 0 Å². The molecule has 25 heavy (non-hydrogen) atoms. The minimum absolute atomic E-state index is 0.245. The van der Waals surface area contributed by atoms with E-state index < -0.39 is 0 Å². The maximum Gasteiger partial charge on any atom is 0.238 e. The van der Waals surface area contributed by atoms with Crippen molar-refractivity contribution in [3.63, 3.8) is 0 Å². The van der Waals surface area contributed by atoms with Crippen molar-refractivity contribution in [2.75, 3.05) is 0 Å². The first kappa shape index (κ1) is 17.1. The summed E-state index contributed by atoms with van der Waals surface area (Å²) in [5, 5.41) is 4.36. The largest absolute Gasteiger partial charge is 0.437 e. The van der Waals surface area contributed by atoms with E-state index >= 15 is 0 Å². The Bertz CT molecular complexity index is 881. The van der Waals surface area contributed by atoms with Gasteiger partial charge in [-0.2, -0.15) is 0 Å². The topological polar surface area (TPSA) is 39.9 Å². The van der Waals surface area contributed by atoms with Crippen molar-refractivity contribution < 1.29 is 9.13 Å². The molecule has 4 nitrogen and oxygen atoms in total. The molecule has 0 saturated carbocycles. The molecule has 0 unspecified atom stereocenters. The molecule has 0 N–H and O–H groups in total. The third-order valence-electron chi connectivity index (χ3n) is 3.88. The fourth-order valence-corrected chi connectivity index (χ4v) is 2.63. The Morgan fingerprint density at radius 1 is 1.12 bits per heavy atom. The van der Waals surface area contributed by atoms with Crippen LogP contribution in [0.3, 0.4) is 0 Å². The number of pyridine rings is 1. The molecule has 0 amide bonds. The Morgan fingerprint density at radius 2 is 1.92 bits per heavy atom. The van der Waals surface area contributed by atoms with Gasteiger partial charge in [0.1, 0.15) is 11.6 Å². The van der Waals surface area contributed by atoms with E-state index in [1.807, 2.05) is 46.0 Å². The molecule has 0 aliphatic carbocycles. The smallest absolute Gasteiger partial charge is 0.238 e. The number of aromatic nitrogens is 3. The number of aryl methyl sites for hydroxylation is 1. The van der Waals surface area contributed by atoms with E-state index in [-0.39, 0.29) is 11.2 Å². The number of benzene rings is 1. The van der Waals surface area contributed by atoms with Crippen molar-refractivity contribution >= 4 is 0 Å². The van der Waals surface area contributed by atoms with Gasteiger partial charge >= 0.3 is 0 Å².